The van der Waals surface area contributed by atoms with Crippen molar-refractivity contribution in [3.8, 4) is 22.6 Å². The summed E-state index contributed by atoms with van der Waals surface area (Å²) in [5.74, 6) is -0.957. The number of phenols is 2. The molecule has 13 heteroatoms. The topological polar surface area (TPSA) is 89.1 Å². The average molecular weight is 1100 g/mol. The van der Waals surface area contributed by atoms with Crippen LogP contribution in [0.2, 0.25) is 0 Å². The standard InChI is InChI=1S/C20H5Br3I4O5.Na/c21-6-3-7(22)13(23)12(20(30)31)11(6)10-4-1-8(24)16(28)14(26)18(4)32-19-5(10)2-9(25)17(29)15(19)27;/h1-3H,(H2-,28,29,30,31);/q;+1/p+1. The fourth-order valence-corrected chi connectivity index (χ4v) is 8.73. The Morgan fingerprint density at radius 2 is 1.24 bits per heavy atom. The van der Waals surface area contributed by atoms with Crippen molar-refractivity contribution in [2.45, 2.75) is 0 Å². The number of rotatable bonds is 2. The molecule has 4 rings (SSSR count). The van der Waals surface area contributed by atoms with Crippen molar-refractivity contribution < 1.29 is 54.1 Å². The number of halogens is 7. The van der Waals surface area contributed by atoms with Gasteiger partial charge in [0, 0.05) is 24.5 Å². The van der Waals surface area contributed by atoms with Gasteiger partial charge in [-0.05, 0) is 140 Å². The zero-order valence-electron chi connectivity index (χ0n) is 16.0. The Labute approximate surface area is 289 Å². The number of aromatic carboxylic acids is 1. The van der Waals surface area contributed by atoms with E-state index in [0.29, 0.717) is 60.8 Å². The minimum atomic E-state index is -1.11. The second kappa shape index (κ2) is 11.2. The second-order valence-electron chi connectivity index (χ2n) is 6.48. The van der Waals surface area contributed by atoms with Crippen molar-refractivity contribution in [2.75, 3.05) is 0 Å². The molecule has 33 heavy (non-hydrogen) atoms. The minimum Gasteiger partial charge on any atom is -0.505 e. The molecule has 3 N–H and O–H groups in total. The first kappa shape index (κ1) is 29.3. The first-order chi connectivity index (χ1) is 15.0. The Morgan fingerprint density at radius 3 is 1.67 bits per heavy atom. The number of carboxylic acid groups (broad SMARTS) is 1. The van der Waals surface area contributed by atoms with Gasteiger partial charge in [-0.25, -0.2) is 9.21 Å². The van der Waals surface area contributed by atoms with Crippen molar-refractivity contribution in [3.05, 3.63) is 51.5 Å². The monoisotopic (exact) mass is 1090 g/mol. The Bertz CT molecular complexity index is 1440. The van der Waals surface area contributed by atoms with Crippen molar-refractivity contribution in [1.82, 2.24) is 0 Å². The Morgan fingerprint density at radius 1 is 0.788 bits per heavy atom. The third-order valence-corrected chi connectivity index (χ3v) is 10.9. The van der Waals surface area contributed by atoms with Crippen molar-refractivity contribution in [2.24, 2.45) is 0 Å². The smallest absolute Gasteiger partial charge is 0.505 e. The Hall–Kier alpha value is 1.76. The molecule has 0 atom stereocenters. The summed E-state index contributed by atoms with van der Waals surface area (Å²) in [4.78, 5) is 12.4. The van der Waals surface area contributed by atoms with E-state index in [9.17, 15) is 20.1 Å². The van der Waals surface area contributed by atoms with E-state index in [0.717, 1.165) is 0 Å². The predicted molar refractivity (Wildman–Crippen MR) is 168 cm³/mol. The summed E-state index contributed by atoms with van der Waals surface area (Å²) in [6.07, 6.45) is 0. The summed E-state index contributed by atoms with van der Waals surface area (Å²) in [5, 5.41) is 32.5. The molecule has 1 heterocycles. The second-order valence-corrected chi connectivity index (χ2v) is 13.5. The first-order valence-corrected chi connectivity index (χ1v) is 15.0. The normalized spacial score (nSPS) is 11.1. The van der Waals surface area contributed by atoms with Crippen LogP contribution in [0.25, 0.3) is 33.1 Å². The molecule has 0 fully saturated rings. The molecule has 0 saturated heterocycles. The third-order valence-electron chi connectivity index (χ3n) is 4.68. The van der Waals surface area contributed by atoms with Gasteiger partial charge in [-0.2, -0.15) is 0 Å². The van der Waals surface area contributed by atoms with Gasteiger partial charge in [0.1, 0.15) is 0 Å². The van der Waals surface area contributed by atoms with Crippen LogP contribution in [0.15, 0.2) is 36.0 Å². The van der Waals surface area contributed by atoms with Crippen LogP contribution in [0.4, 0.5) is 0 Å². The Kier molecular flexibility index (Phi) is 9.99. The van der Waals surface area contributed by atoms with Crippen LogP contribution in [0, 0.1) is 14.3 Å². The molecule has 0 amide bonds. The van der Waals surface area contributed by atoms with Crippen molar-refractivity contribution >= 4 is 166 Å². The van der Waals surface area contributed by atoms with Crippen LogP contribution in [0.3, 0.4) is 0 Å². The van der Waals surface area contributed by atoms with Crippen molar-refractivity contribution in [3.63, 3.8) is 0 Å². The van der Waals surface area contributed by atoms with Crippen LogP contribution < -0.4 is 29.6 Å². The molecule has 0 radical (unpaired) electrons. The number of phenolic OH excluding ortho intramolecular Hbond substituents is 2. The number of fused-ring (bicyclic) bond motifs is 2. The van der Waals surface area contributed by atoms with Crippen molar-refractivity contribution in [1.29, 1.82) is 0 Å². The van der Waals surface area contributed by atoms with E-state index in [1.807, 2.05) is 90.4 Å². The molecule has 0 aliphatic carbocycles. The molecular formula is C20H6Br3I4NaO5+2. The molecule has 1 aromatic heterocycles. The van der Waals surface area contributed by atoms with E-state index in [-0.39, 0.29) is 46.6 Å². The maximum Gasteiger partial charge on any atom is 1.00 e. The number of carboxylic acids is 1. The maximum absolute atomic E-state index is 12.4. The largest absolute Gasteiger partial charge is 1.00 e. The van der Waals surface area contributed by atoms with E-state index >= 15 is 0 Å². The van der Waals surface area contributed by atoms with E-state index in [4.69, 9.17) is 4.42 Å². The molecule has 0 saturated carbocycles. The van der Waals surface area contributed by atoms with Gasteiger partial charge in [-0.1, -0.05) is 15.9 Å². The van der Waals surface area contributed by atoms with E-state index < -0.39 is 5.97 Å². The van der Waals surface area contributed by atoms with Crippen LogP contribution in [0.5, 0.6) is 11.5 Å². The Balaban J connectivity index is 0.00000306. The van der Waals surface area contributed by atoms with Gasteiger partial charge in [0.2, 0.25) is 0 Å². The maximum atomic E-state index is 12.4. The quantitative estimate of drug-likeness (QED) is 0.0717. The zero-order valence-corrected chi connectivity index (χ0v) is 31.4. The fourth-order valence-electron chi connectivity index (χ4n) is 3.31. The van der Waals surface area contributed by atoms with Gasteiger partial charge in [0.15, 0.2) is 18.6 Å². The summed E-state index contributed by atoms with van der Waals surface area (Å²) in [6.45, 7) is 0. The number of hydrogen-bond acceptors (Lipinski definition) is 3. The number of hydrogen-bond donors (Lipinski definition) is 3. The van der Waals surface area contributed by atoms with Gasteiger partial charge < -0.3 is 15.3 Å². The van der Waals surface area contributed by atoms with Crippen LogP contribution in [0.1, 0.15) is 10.4 Å². The van der Waals surface area contributed by atoms with Gasteiger partial charge in [-0.3, -0.25) is 0 Å². The predicted octanol–water partition coefficient (Wildman–Crippen LogP) is 6.35. The van der Waals surface area contributed by atoms with Gasteiger partial charge in [0.25, 0.3) is 0 Å². The molecule has 5 nitrogen and oxygen atoms in total. The number of benzene rings is 3. The first-order valence-electron chi connectivity index (χ1n) is 8.34. The molecule has 164 valence electrons. The van der Waals surface area contributed by atoms with Crippen LogP contribution >= 0.6 is 138 Å². The zero-order chi connectivity index (χ0) is 23.6. The molecule has 0 bridgehead atoms. The molecular weight excluding hydrogens is 1090 g/mol. The van der Waals surface area contributed by atoms with Gasteiger partial charge in [-0.15, -0.1) is 0 Å². The van der Waals surface area contributed by atoms with Gasteiger partial charge in [0.05, 0.1) is 23.5 Å². The van der Waals surface area contributed by atoms with Crippen LogP contribution in [-0.4, -0.2) is 21.3 Å². The fraction of sp³-hybridized carbons (Fsp3) is 0. The summed E-state index contributed by atoms with van der Waals surface area (Å²) in [6, 6.07) is 5.32. The summed E-state index contributed by atoms with van der Waals surface area (Å²) in [7, 11) is 0. The van der Waals surface area contributed by atoms with Gasteiger partial charge >= 0.3 is 46.7 Å². The molecule has 4 aromatic rings. The van der Waals surface area contributed by atoms with E-state index in [1.54, 1.807) is 18.2 Å². The molecule has 0 aliphatic heterocycles. The molecule has 0 aliphatic rings. The van der Waals surface area contributed by atoms with E-state index in [2.05, 4.69) is 47.8 Å². The third kappa shape index (κ3) is 5.09. The molecule has 3 aromatic carbocycles. The molecule has 0 unspecified atom stereocenters. The average Bonchev–Trinajstić information content (AvgIpc) is 2.72. The van der Waals surface area contributed by atoms with Crippen LogP contribution in [-0.2, 0) is 0 Å². The SMILES string of the molecule is O=C(O)c1c(Br)c(Br)cc(Br)c1-c1c2cc(I)c(O)c(I)c2[o+]c2c(I)c(O)c(I)cc12.[Na+]. The summed E-state index contributed by atoms with van der Waals surface area (Å²) >= 11 is 18.5. The minimum absolute atomic E-state index is 0. The molecule has 0 spiro atoms. The number of carbonyl (C=O) groups is 1. The summed E-state index contributed by atoms with van der Waals surface area (Å²) in [5.41, 5.74) is 1.92. The van der Waals surface area contributed by atoms with E-state index in [1.165, 1.54) is 0 Å². The summed E-state index contributed by atoms with van der Waals surface area (Å²) < 4.78 is 9.94. The number of aromatic hydroxyl groups is 2.